The number of hydrogen-bond donors (Lipinski definition) is 1. The highest BCUT2D eigenvalue weighted by Crippen LogP contribution is 2.25. The summed E-state index contributed by atoms with van der Waals surface area (Å²) in [6.45, 7) is 1.73. The van der Waals surface area contributed by atoms with Gasteiger partial charge in [-0.05, 0) is 48.9 Å². The van der Waals surface area contributed by atoms with E-state index < -0.39 is 6.36 Å². The third-order valence-electron chi connectivity index (χ3n) is 2.93. The molecule has 0 amide bonds. The molecule has 0 aliphatic carbocycles. The monoisotopic (exact) mass is 322 g/mol. The highest BCUT2D eigenvalue weighted by atomic mass is 19.4. The Hall–Kier alpha value is -2.72. The minimum atomic E-state index is -4.73. The molecule has 2 aromatic rings. The first-order chi connectivity index (χ1) is 10.9. The standard InChI is InChI=1S/C16H13F3N2O2/c1-11(21-23-14-7-5-12(10-20)6-8-14)13-3-2-4-15(9-13)22-16(17,18)19/h2-9,11,21H,1H3. The van der Waals surface area contributed by atoms with E-state index in [4.69, 9.17) is 10.1 Å². The molecule has 0 saturated heterocycles. The largest absolute Gasteiger partial charge is 0.573 e. The van der Waals surface area contributed by atoms with Crippen LogP contribution >= 0.6 is 0 Å². The first-order valence-corrected chi connectivity index (χ1v) is 6.65. The van der Waals surface area contributed by atoms with Crippen LogP contribution in [0.5, 0.6) is 11.5 Å². The zero-order chi connectivity index (χ0) is 16.9. The number of nitrogens with one attached hydrogen (secondary N) is 1. The summed E-state index contributed by atoms with van der Waals surface area (Å²) in [5, 5.41) is 8.70. The molecule has 0 aliphatic rings. The molecule has 0 fully saturated rings. The average molecular weight is 322 g/mol. The molecule has 1 unspecified atom stereocenters. The molecule has 0 bridgehead atoms. The lowest BCUT2D eigenvalue weighted by Crippen LogP contribution is -2.23. The van der Waals surface area contributed by atoms with E-state index in [0.29, 0.717) is 16.9 Å². The first-order valence-electron chi connectivity index (χ1n) is 6.65. The molecule has 7 heteroatoms. The molecule has 0 aliphatic heterocycles. The van der Waals surface area contributed by atoms with Crippen molar-refractivity contribution in [2.75, 3.05) is 0 Å². The number of benzene rings is 2. The lowest BCUT2D eigenvalue weighted by atomic mass is 10.1. The molecule has 0 radical (unpaired) electrons. The predicted octanol–water partition coefficient (Wildman–Crippen LogP) is 4.10. The van der Waals surface area contributed by atoms with Crippen LogP contribution in [0.4, 0.5) is 13.2 Å². The lowest BCUT2D eigenvalue weighted by Gasteiger charge is -2.16. The van der Waals surface area contributed by atoms with Crippen molar-refractivity contribution >= 4 is 0 Å². The second-order valence-corrected chi connectivity index (χ2v) is 4.70. The molecule has 2 rings (SSSR count). The molecule has 0 aromatic heterocycles. The minimum absolute atomic E-state index is 0.290. The van der Waals surface area contributed by atoms with Crippen LogP contribution in [0.25, 0.3) is 0 Å². The van der Waals surface area contributed by atoms with Gasteiger partial charge in [-0.1, -0.05) is 12.1 Å². The number of halogens is 3. The second-order valence-electron chi connectivity index (χ2n) is 4.70. The molecular formula is C16H13F3N2O2. The van der Waals surface area contributed by atoms with Crippen molar-refractivity contribution in [3.05, 3.63) is 59.7 Å². The Morgan fingerprint density at radius 1 is 1.09 bits per heavy atom. The van der Waals surface area contributed by atoms with Crippen LogP contribution in [0.3, 0.4) is 0 Å². The van der Waals surface area contributed by atoms with E-state index >= 15 is 0 Å². The summed E-state index contributed by atoms with van der Waals surface area (Å²) in [7, 11) is 0. The van der Waals surface area contributed by atoms with Gasteiger partial charge < -0.3 is 9.57 Å². The fourth-order valence-electron chi connectivity index (χ4n) is 1.80. The van der Waals surface area contributed by atoms with Gasteiger partial charge >= 0.3 is 6.36 Å². The molecular weight excluding hydrogens is 309 g/mol. The van der Waals surface area contributed by atoms with Crippen LogP contribution in [-0.2, 0) is 0 Å². The topological polar surface area (TPSA) is 54.3 Å². The molecule has 0 saturated carbocycles. The van der Waals surface area contributed by atoms with Crippen LogP contribution < -0.4 is 15.1 Å². The van der Waals surface area contributed by atoms with Gasteiger partial charge in [0, 0.05) is 0 Å². The van der Waals surface area contributed by atoms with Crippen LogP contribution in [0.15, 0.2) is 48.5 Å². The van der Waals surface area contributed by atoms with E-state index in [1.165, 1.54) is 18.2 Å². The minimum Gasteiger partial charge on any atom is -0.408 e. The van der Waals surface area contributed by atoms with Gasteiger partial charge in [0.2, 0.25) is 0 Å². The highest BCUT2D eigenvalue weighted by molar-refractivity contribution is 5.34. The van der Waals surface area contributed by atoms with Gasteiger partial charge in [0.05, 0.1) is 17.7 Å². The normalized spacial score (nSPS) is 12.3. The molecule has 120 valence electrons. The molecule has 0 heterocycles. The van der Waals surface area contributed by atoms with Crippen molar-refractivity contribution in [1.29, 1.82) is 5.26 Å². The van der Waals surface area contributed by atoms with Crippen molar-refractivity contribution in [1.82, 2.24) is 5.48 Å². The summed E-state index contributed by atoms with van der Waals surface area (Å²) in [5.74, 6) is 0.195. The van der Waals surface area contributed by atoms with E-state index in [1.54, 1.807) is 37.3 Å². The van der Waals surface area contributed by atoms with E-state index in [-0.39, 0.29) is 11.8 Å². The van der Waals surface area contributed by atoms with Crippen molar-refractivity contribution < 1.29 is 22.7 Å². The number of nitrogens with zero attached hydrogens (tertiary/aromatic N) is 1. The third-order valence-corrected chi connectivity index (χ3v) is 2.93. The van der Waals surface area contributed by atoms with Crippen LogP contribution in [0, 0.1) is 11.3 Å². The summed E-state index contributed by atoms with van der Waals surface area (Å²) < 4.78 is 40.5. The van der Waals surface area contributed by atoms with Gasteiger partial charge in [0.1, 0.15) is 11.5 Å². The number of nitriles is 1. The number of hydroxylamine groups is 1. The molecule has 23 heavy (non-hydrogen) atoms. The van der Waals surface area contributed by atoms with Crippen molar-refractivity contribution in [3.8, 4) is 17.6 Å². The molecule has 1 atom stereocenters. The maximum absolute atomic E-state index is 12.2. The number of ether oxygens (including phenoxy) is 1. The molecule has 1 N–H and O–H groups in total. The van der Waals surface area contributed by atoms with E-state index in [2.05, 4.69) is 10.2 Å². The Morgan fingerprint density at radius 2 is 1.78 bits per heavy atom. The summed E-state index contributed by atoms with van der Waals surface area (Å²) in [6.07, 6.45) is -4.73. The fraction of sp³-hybridized carbons (Fsp3) is 0.188. The summed E-state index contributed by atoms with van der Waals surface area (Å²) in [5.41, 5.74) is 3.80. The van der Waals surface area contributed by atoms with Crippen LogP contribution in [0.1, 0.15) is 24.1 Å². The maximum atomic E-state index is 12.2. The number of hydrogen-bond acceptors (Lipinski definition) is 4. The van der Waals surface area contributed by atoms with Gasteiger partial charge in [-0.3, -0.25) is 0 Å². The SMILES string of the molecule is CC(NOc1ccc(C#N)cc1)c1cccc(OC(F)(F)F)c1. The Kier molecular flexibility index (Phi) is 5.09. The Bertz CT molecular complexity index is 694. The van der Waals surface area contributed by atoms with Crippen molar-refractivity contribution in [2.24, 2.45) is 0 Å². The molecule has 2 aromatic carbocycles. The Morgan fingerprint density at radius 3 is 2.39 bits per heavy atom. The van der Waals surface area contributed by atoms with Crippen LogP contribution in [-0.4, -0.2) is 6.36 Å². The van der Waals surface area contributed by atoms with Gasteiger partial charge in [0.15, 0.2) is 0 Å². The third kappa shape index (κ3) is 5.20. The predicted molar refractivity (Wildman–Crippen MR) is 76.5 cm³/mol. The zero-order valence-electron chi connectivity index (χ0n) is 12.1. The summed E-state index contributed by atoms with van der Waals surface area (Å²) in [4.78, 5) is 5.34. The van der Waals surface area contributed by atoms with Crippen molar-refractivity contribution in [2.45, 2.75) is 19.3 Å². The van der Waals surface area contributed by atoms with Gasteiger partial charge in [0.25, 0.3) is 0 Å². The highest BCUT2D eigenvalue weighted by Gasteiger charge is 2.31. The lowest BCUT2D eigenvalue weighted by molar-refractivity contribution is -0.274. The van der Waals surface area contributed by atoms with Crippen LogP contribution in [0.2, 0.25) is 0 Å². The number of rotatable bonds is 5. The Labute approximate surface area is 131 Å². The van der Waals surface area contributed by atoms with E-state index in [0.717, 1.165) is 0 Å². The average Bonchev–Trinajstić information content (AvgIpc) is 2.51. The second kappa shape index (κ2) is 7.03. The quantitative estimate of drug-likeness (QED) is 0.842. The van der Waals surface area contributed by atoms with Gasteiger partial charge in [-0.15, -0.1) is 18.7 Å². The van der Waals surface area contributed by atoms with Gasteiger partial charge in [-0.25, -0.2) is 0 Å². The van der Waals surface area contributed by atoms with E-state index in [9.17, 15) is 13.2 Å². The molecule has 4 nitrogen and oxygen atoms in total. The maximum Gasteiger partial charge on any atom is 0.573 e. The summed E-state index contributed by atoms with van der Waals surface area (Å²) >= 11 is 0. The zero-order valence-corrected chi connectivity index (χ0v) is 12.1. The van der Waals surface area contributed by atoms with Crippen molar-refractivity contribution in [3.63, 3.8) is 0 Å². The Balaban J connectivity index is 1.98. The summed E-state index contributed by atoms with van der Waals surface area (Å²) in [6, 6.07) is 13.7. The number of alkyl halides is 3. The van der Waals surface area contributed by atoms with E-state index in [1.807, 2.05) is 6.07 Å². The molecule has 0 spiro atoms. The smallest absolute Gasteiger partial charge is 0.408 e. The first kappa shape index (κ1) is 16.6. The van der Waals surface area contributed by atoms with Gasteiger partial charge in [-0.2, -0.15) is 5.26 Å². The fourth-order valence-corrected chi connectivity index (χ4v) is 1.80.